The Labute approximate surface area is 157 Å². The molecule has 0 N–H and O–H groups in total. The molecule has 27 heavy (non-hydrogen) atoms. The SMILES string of the molecule is CCOCc1ccc(OC)c(OS(=O)(=O)C(F)(F)F)c1CN1CCCCC1. The van der Waals surface area contributed by atoms with Crippen LogP contribution >= 0.6 is 0 Å². The van der Waals surface area contributed by atoms with Gasteiger partial charge in [-0.05, 0) is 44.5 Å². The Kier molecular flexibility index (Phi) is 7.35. The summed E-state index contributed by atoms with van der Waals surface area (Å²) < 4.78 is 76.8. The Morgan fingerprint density at radius 2 is 1.81 bits per heavy atom. The molecule has 10 heteroatoms. The average molecular weight is 411 g/mol. The van der Waals surface area contributed by atoms with Gasteiger partial charge in [-0.1, -0.05) is 12.5 Å². The molecule has 6 nitrogen and oxygen atoms in total. The molecule has 1 heterocycles. The first-order valence-electron chi connectivity index (χ1n) is 8.69. The van der Waals surface area contributed by atoms with E-state index in [1.165, 1.54) is 13.2 Å². The van der Waals surface area contributed by atoms with Crippen LogP contribution in [0.15, 0.2) is 12.1 Å². The normalized spacial score (nSPS) is 16.3. The van der Waals surface area contributed by atoms with E-state index < -0.39 is 21.4 Å². The smallest absolute Gasteiger partial charge is 0.493 e. The molecule has 0 unspecified atom stereocenters. The van der Waals surface area contributed by atoms with Crippen molar-refractivity contribution >= 4 is 10.1 Å². The number of benzene rings is 1. The lowest BCUT2D eigenvalue weighted by atomic mass is 10.0. The fourth-order valence-electron chi connectivity index (χ4n) is 2.92. The molecular weight excluding hydrogens is 387 g/mol. The van der Waals surface area contributed by atoms with Gasteiger partial charge < -0.3 is 13.7 Å². The second-order valence-corrected chi connectivity index (χ2v) is 7.73. The number of hydrogen-bond donors (Lipinski definition) is 0. The summed E-state index contributed by atoms with van der Waals surface area (Å²) in [5.41, 5.74) is -4.64. The van der Waals surface area contributed by atoms with E-state index >= 15 is 0 Å². The number of ether oxygens (including phenoxy) is 2. The maximum absolute atomic E-state index is 12.9. The summed E-state index contributed by atoms with van der Waals surface area (Å²) in [4.78, 5) is 2.06. The quantitative estimate of drug-likeness (QED) is 0.482. The summed E-state index contributed by atoms with van der Waals surface area (Å²) in [5, 5.41) is 0. The van der Waals surface area contributed by atoms with Crippen molar-refractivity contribution in [2.45, 2.75) is 44.8 Å². The van der Waals surface area contributed by atoms with Crippen LogP contribution in [0.5, 0.6) is 11.5 Å². The molecule has 0 bridgehead atoms. The number of piperidine rings is 1. The maximum Gasteiger partial charge on any atom is 0.534 e. The fourth-order valence-corrected chi connectivity index (χ4v) is 3.41. The summed E-state index contributed by atoms with van der Waals surface area (Å²) in [6.07, 6.45) is 3.04. The van der Waals surface area contributed by atoms with E-state index in [-0.39, 0.29) is 18.9 Å². The second kappa shape index (κ2) is 9.11. The number of likely N-dealkylation sites (tertiary alicyclic amines) is 1. The van der Waals surface area contributed by atoms with Gasteiger partial charge in [-0.25, -0.2) is 0 Å². The van der Waals surface area contributed by atoms with E-state index in [1.54, 1.807) is 13.0 Å². The highest BCUT2D eigenvalue weighted by Gasteiger charge is 2.49. The highest BCUT2D eigenvalue weighted by atomic mass is 32.2. The summed E-state index contributed by atoms with van der Waals surface area (Å²) in [6.45, 7) is 4.13. The highest BCUT2D eigenvalue weighted by Crippen LogP contribution is 2.39. The van der Waals surface area contributed by atoms with E-state index in [4.69, 9.17) is 9.47 Å². The standard InChI is InChI=1S/C17H24F3NO5S/c1-3-25-12-13-7-8-15(24-2)16(26-27(22,23)17(18,19)20)14(13)11-21-9-5-4-6-10-21/h7-8H,3-6,9-12H2,1-2H3. The minimum Gasteiger partial charge on any atom is -0.493 e. The summed E-state index contributed by atoms with van der Waals surface area (Å²) in [7, 11) is -4.58. The average Bonchev–Trinajstić information content (AvgIpc) is 2.61. The van der Waals surface area contributed by atoms with Crippen LogP contribution in [0.4, 0.5) is 13.2 Å². The number of halogens is 3. The molecule has 154 valence electrons. The Bertz CT molecular complexity index is 731. The van der Waals surface area contributed by atoms with Crippen LogP contribution in [0.2, 0.25) is 0 Å². The van der Waals surface area contributed by atoms with Gasteiger partial charge in [-0.2, -0.15) is 21.6 Å². The molecule has 1 aliphatic rings. The molecule has 1 saturated heterocycles. The van der Waals surface area contributed by atoms with Crippen molar-refractivity contribution in [1.29, 1.82) is 0 Å². The third-order valence-corrected chi connectivity index (χ3v) is 5.26. The molecule has 0 radical (unpaired) electrons. The molecule has 0 amide bonds. The van der Waals surface area contributed by atoms with E-state index in [0.29, 0.717) is 17.7 Å². The Balaban J connectivity index is 2.48. The molecule has 1 fully saturated rings. The van der Waals surface area contributed by atoms with Crippen molar-refractivity contribution in [3.8, 4) is 11.5 Å². The molecule has 0 spiro atoms. The largest absolute Gasteiger partial charge is 0.534 e. The third kappa shape index (κ3) is 5.49. The first kappa shape index (κ1) is 21.8. The number of nitrogens with zero attached hydrogens (tertiary/aromatic N) is 1. The fraction of sp³-hybridized carbons (Fsp3) is 0.647. The van der Waals surface area contributed by atoms with Gasteiger partial charge >= 0.3 is 15.6 Å². The molecule has 1 aliphatic heterocycles. The minimum absolute atomic E-state index is 0.0740. The second-order valence-electron chi connectivity index (χ2n) is 6.19. The molecular formula is C17H24F3NO5S. The zero-order valence-electron chi connectivity index (χ0n) is 15.3. The van der Waals surface area contributed by atoms with Gasteiger partial charge in [-0.15, -0.1) is 0 Å². The molecule has 2 rings (SSSR count). The lowest BCUT2D eigenvalue weighted by molar-refractivity contribution is -0.0501. The predicted molar refractivity (Wildman–Crippen MR) is 93.1 cm³/mol. The molecule has 0 atom stereocenters. The lowest BCUT2D eigenvalue weighted by Crippen LogP contribution is -2.31. The molecule has 1 aromatic carbocycles. The van der Waals surface area contributed by atoms with Gasteiger partial charge in [0.15, 0.2) is 11.5 Å². The van der Waals surface area contributed by atoms with Crippen LogP contribution in [0.1, 0.15) is 37.3 Å². The summed E-state index contributed by atoms with van der Waals surface area (Å²) in [6, 6.07) is 3.04. The highest BCUT2D eigenvalue weighted by molar-refractivity contribution is 7.88. The Morgan fingerprint density at radius 3 is 2.37 bits per heavy atom. The van der Waals surface area contributed by atoms with Gasteiger partial charge in [0.1, 0.15) is 0 Å². The molecule has 0 aromatic heterocycles. The van der Waals surface area contributed by atoms with Gasteiger partial charge in [0.05, 0.1) is 13.7 Å². The van der Waals surface area contributed by atoms with Crippen molar-refractivity contribution < 1.29 is 35.2 Å². The van der Waals surface area contributed by atoms with Crippen LogP contribution in [-0.2, 0) is 28.0 Å². The number of rotatable bonds is 8. The lowest BCUT2D eigenvalue weighted by Gasteiger charge is -2.28. The first-order chi connectivity index (χ1) is 12.7. The summed E-state index contributed by atoms with van der Waals surface area (Å²) in [5.74, 6) is -0.507. The van der Waals surface area contributed by atoms with E-state index in [0.717, 1.165) is 32.4 Å². The maximum atomic E-state index is 12.9. The van der Waals surface area contributed by atoms with Crippen molar-refractivity contribution in [1.82, 2.24) is 4.90 Å². The third-order valence-electron chi connectivity index (χ3n) is 4.31. The van der Waals surface area contributed by atoms with Crippen molar-refractivity contribution in [2.75, 3.05) is 26.8 Å². The van der Waals surface area contributed by atoms with E-state index in [9.17, 15) is 21.6 Å². The molecule has 1 aromatic rings. The first-order valence-corrected chi connectivity index (χ1v) is 10.1. The zero-order chi connectivity index (χ0) is 20.1. The van der Waals surface area contributed by atoms with Gasteiger partial charge in [0.2, 0.25) is 0 Å². The summed E-state index contributed by atoms with van der Waals surface area (Å²) >= 11 is 0. The number of hydrogen-bond acceptors (Lipinski definition) is 6. The molecule has 0 saturated carbocycles. The van der Waals surface area contributed by atoms with Gasteiger partial charge in [0.25, 0.3) is 0 Å². The Hall–Kier alpha value is -1.52. The van der Waals surface area contributed by atoms with Crippen molar-refractivity contribution in [3.63, 3.8) is 0 Å². The minimum atomic E-state index is -5.82. The monoisotopic (exact) mass is 411 g/mol. The van der Waals surface area contributed by atoms with Crippen LogP contribution < -0.4 is 8.92 Å². The Morgan fingerprint density at radius 1 is 1.15 bits per heavy atom. The number of alkyl halides is 3. The van der Waals surface area contributed by atoms with Gasteiger partial charge in [-0.3, -0.25) is 4.90 Å². The van der Waals surface area contributed by atoms with E-state index in [2.05, 4.69) is 9.08 Å². The zero-order valence-corrected chi connectivity index (χ0v) is 16.2. The van der Waals surface area contributed by atoms with Gasteiger partial charge in [0, 0.05) is 18.7 Å². The predicted octanol–water partition coefficient (Wildman–Crippen LogP) is 3.45. The molecule has 0 aliphatic carbocycles. The van der Waals surface area contributed by atoms with Crippen molar-refractivity contribution in [2.24, 2.45) is 0 Å². The van der Waals surface area contributed by atoms with Crippen LogP contribution in [0, 0.1) is 0 Å². The topological polar surface area (TPSA) is 65.1 Å². The van der Waals surface area contributed by atoms with Crippen molar-refractivity contribution in [3.05, 3.63) is 23.3 Å². The van der Waals surface area contributed by atoms with Crippen LogP contribution in [-0.4, -0.2) is 45.6 Å². The van der Waals surface area contributed by atoms with Crippen LogP contribution in [0.25, 0.3) is 0 Å². The van der Waals surface area contributed by atoms with Crippen LogP contribution in [0.3, 0.4) is 0 Å². The van der Waals surface area contributed by atoms with E-state index in [1.807, 2.05) is 0 Å². The number of methoxy groups -OCH3 is 1.